The van der Waals surface area contributed by atoms with Crippen molar-refractivity contribution in [3.05, 3.63) is 77.6 Å². The third kappa shape index (κ3) is 2.88. The number of rotatable bonds is 3. The van der Waals surface area contributed by atoms with Gasteiger partial charge in [0.15, 0.2) is 5.78 Å². The summed E-state index contributed by atoms with van der Waals surface area (Å²) in [6, 6.07) is 15.2. The first kappa shape index (κ1) is 11.3. The van der Waals surface area contributed by atoms with Gasteiger partial charge in [0, 0.05) is 11.1 Å². The minimum atomic E-state index is -0.329. The Morgan fingerprint density at radius 2 is 1.59 bits per heavy atom. The van der Waals surface area contributed by atoms with Crippen LogP contribution in [-0.4, -0.2) is 5.78 Å². The van der Waals surface area contributed by atoms with Crippen molar-refractivity contribution in [1.82, 2.24) is 0 Å². The molecule has 0 aliphatic heterocycles. The quantitative estimate of drug-likeness (QED) is 0.575. The molecule has 0 saturated heterocycles. The van der Waals surface area contributed by atoms with Crippen LogP contribution in [0.15, 0.2) is 60.7 Å². The number of hydrogen-bond donors (Lipinski definition) is 0. The van der Waals surface area contributed by atoms with Gasteiger partial charge in [-0.3, -0.25) is 4.79 Å². The zero-order valence-electron chi connectivity index (χ0n) is 9.14. The molecule has 0 aliphatic rings. The van der Waals surface area contributed by atoms with Gasteiger partial charge in [-0.1, -0.05) is 48.5 Å². The molecule has 0 atom stereocenters. The van der Waals surface area contributed by atoms with Crippen molar-refractivity contribution >= 4 is 11.9 Å². The molecule has 0 bridgehead atoms. The SMILES string of the molecule is O=C(C=Cc1ccccc1F)c1ccccc1. The lowest BCUT2D eigenvalue weighted by Gasteiger charge is -1.96. The molecule has 0 spiro atoms. The molecule has 84 valence electrons. The molecule has 1 nitrogen and oxygen atoms in total. The molecule has 2 aromatic carbocycles. The highest BCUT2D eigenvalue weighted by Gasteiger charge is 2.00. The molecule has 0 aromatic heterocycles. The lowest BCUT2D eigenvalue weighted by atomic mass is 10.1. The van der Waals surface area contributed by atoms with Gasteiger partial charge in [-0.05, 0) is 18.2 Å². The summed E-state index contributed by atoms with van der Waals surface area (Å²) in [5.41, 5.74) is 1.01. The molecular weight excluding hydrogens is 215 g/mol. The molecular formula is C15H11FO. The zero-order chi connectivity index (χ0) is 12.1. The summed E-state index contributed by atoms with van der Waals surface area (Å²) in [5.74, 6) is -0.460. The normalized spacial score (nSPS) is 10.6. The standard InChI is InChI=1S/C15H11FO/c16-14-9-5-4-6-12(14)10-11-15(17)13-7-2-1-3-8-13/h1-11H. The predicted octanol–water partition coefficient (Wildman–Crippen LogP) is 3.72. The van der Waals surface area contributed by atoms with Crippen LogP contribution in [0.25, 0.3) is 6.08 Å². The van der Waals surface area contributed by atoms with Crippen LogP contribution in [-0.2, 0) is 0 Å². The number of carbonyl (C=O) groups excluding carboxylic acids is 1. The fourth-order valence-corrected chi connectivity index (χ4v) is 1.47. The molecule has 2 heteroatoms. The van der Waals surface area contributed by atoms with E-state index in [4.69, 9.17) is 0 Å². The van der Waals surface area contributed by atoms with Crippen molar-refractivity contribution in [3.8, 4) is 0 Å². The number of ketones is 1. The molecule has 0 saturated carbocycles. The summed E-state index contributed by atoms with van der Waals surface area (Å²) >= 11 is 0. The summed E-state index contributed by atoms with van der Waals surface area (Å²) in [7, 11) is 0. The van der Waals surface area contributed by atoms with E-state index >= 15 is 0 Å². The summed E-state index contributed by atoms with van der Waals surface area (Å²) in [4.78, 5) is 11.7. The van der Waals surface area contributed by atoms with Crippen LogP contribution in [0.4, 0.5) is 4.39 Å². The molecule has 2 rings (SSSR count). The van der Waals surface area contributed by atoms with Crippen LogP contribution in [0.1, 0.15) is 15.9 Å². The minimum Gasteiger partial charge on any atom is -0.289 e. The van der Waals surface area contributed by atoms with Crippen LogP contribution in [0.5, 0.6) is 0 Å². The monoisotopic (exact) mass is 226 g/mol. The van der Waals surface area contributed by atoms with Crippen molar-refractivity contribution < 1.29 is 9.18 Å². The van der Waals surface area contributed by atoms with Crippen LogP contribution in [0, 0.1) is 5.82 Å². The Balaban J connectivity index is 2.17. The Morgan fingerprint density at radius 1 is 0.941 bits per heavy atom. The molecule has 0 unspecified atom stereocenters. The summed E-state index contributed by atoms with van der Waals surface area (Å²) in [6.45, 7) is 0. The maximum atomic E-state index is 13.3. The molecule has 17 heavy (non-hydrogen) atoms. The summed E-state index contributed by atoms with van der Waals surface area (Å²) < 4.78 is 13.3. The maximum Gasteiger partial charge on any atom is 0.185 e. The van der Waals surface area contributed by atoms with Crippen molar-refractivity contribution in [2.75, 3.05) is 0 Å². The van der Waals surface area contributed by atoms with E-state index in [1.807, 2.05) is 6.07 Å². The first-order valence-corrected chi connectivity index (χ1v) is 5.29. The lowest BCUT2D eigenvalue weighted by Crippen LogP contribution is -1.93. The van der Waals surface area contributed by atoms with E-state index in [9.17, 15) is 9.18 Å². The molecule has 0 heterocycles. The van der Waals surface area contributed by atoms with Crippen molar-refractivity contribution in [3.63, 3.8) is 0 Å². The van der Waals surface area contributed by atoms with Gasteiger partial charge in [-0.2, -0.15) is 0 Å². The Hall–Kier alpha value is -2.22. The van der Waals surface area contributed by atoms with Crippen LogP contribution in [0.3, 0.4) is 0 Å². The fraction of sp³-hybridized carbons (Fsp3) is 0. The lowest BCUT2D eigenvalue weighted by molar-refractivity contribution is 0.104. The van der Waals surface area contributed by atoms with E-state index in [2.05, 4.69) is 0 Å². The number of benzene rings is 2. The van der Waals surface area contributed by atoms with Gasteiger partial charge in [0.05, 0.1) is 0 Å². The molecule has 0 amide bonds. The van der Waals surface area contributed by atoms with E-state index in [1.165, 1.54) is 18.2 Å². The highest BCUT2D eigenvalue weighted by molar-refractivity contribution is 6.06. The Kier molecular flexibility index (Phi) is 3.46. The van der Waals surface area contributed by atoms with Gasteiger partial charge in [0.2, 0.25) is 0 Å². The predicted molar refractivity (Wildman–Crippen MR) is 66.2 cm³/mol. The second-order valence-electron chi connectivity index (χ2n) is 3.59. The second-order valence-corrected chi connectivity index (χ2v) is 3.59. The first-order valence-electron chi connectivity index (χ1n) is 5.29. The number of halogens is 1. The topological polar surface area (TPSA) is 17.1 Å². The highest BCUT2D eigenvalue weighted by atomic mass is 19.1. The van der Waals surface area contributed by atoms with Crippen LogP contribution in [0.2, 0.25) is 0 Å². The third-order valence-electron chi connectivity index (χ3n) is 2.38. The van der Waals surface area contributed by atoms with Crippen molar-refractivity contribution in [1.29, 1.82) is 0 Å². The Bertz CT molecular complexity index is 544. The Morgan fingerprint density at radius 3 is 2.29 bits per heavy atom. The van der Waals surface area contributed by atoms with Crippen LogP contribution < -0.4 is 0 Å². The van der Waals surface area contributed by atoms with Gasteiger partial charge in [0.25, 0.3) is 0 Å². The van der Waals surface area contributed by atoms with E-state index in [-0.39, 0.29) is 11.6 Å². The van der Waals surface area contributed by atoms with Gasteiger partial charge in [-0.25, -0.2) is 4.39 Å². The van der Waals surface area contributed by atoms with E-state index in [1.54, 1.807) is 42.5 Å². The Labute approximate surface area is 99.2 Å². The van der Waals surface area contributed by atoms with Gasteiger partial charge in [0.1, 0.15) is 5.82 Å². The van der Waals surface area contributed by atoms with E-state index in [0.29, 0.717) is 11.1 Å². The number of allylic oxidation sites excluding steroid dienone is 1. The number of hydrogen-bond acceptors (Lipinski definition) is 1. The average Bonchev–Trinajstić information content (AvgIpc) is 2.38. The average molecular weight is 226 g/mol. The van der Waals surface area contributed by atoms with Crippen molar-refractivity contribution in [2.45, 2.75) is 0 Å². The van der Waals surface area contributed by atoms with Crippen molar-refractivity contribution in [2.24, 2.45) is 0 Å². The first-order chi connectivity index (χ1) is 8.27. The van der Waals surface area contributed by atoms with E-state index in [0.717, 1.165) is 0 Å². The van der Waals surface area contributed by atoms with E-state index < -0.39 is 0 Å². The second kappa shape index (κ2) is 5.21. The molecule has 0 aliphatic carbocycles. The summed E-state index contributed by atoms with van der Waals surface area (Å²) in [6.07, 6.45) is 2.87. The number of carbonyl (C=O) groups is 1. The zero-order valence-corrected chi connectivity index (χ0v) is 9.14. The van der Waals surface area contributed by atoms with Gasteiger partial charge < -0.3 is 0 Å². The van der Waals surface area contributed by atoms with Gasteiger partial charge in [-0.15, -0.1) is 0 Å². The third-order valence-corrected chi connectivity index (χ3v) is 2.38. The summed E-state index contributed by atoms with van der Waals surface area (Å²) in [5, 5.41) is 0. The molecule has 0 N–H and O–H groups in total. The molecule has 2 aromatic rings. The maximum absolute atomic E-state index is 13.3. The largest absolute Gasteiger partial charge is 0.289 e. The smallest absolute Gasteiger partial charge is 0.185 e. The fourth-order valence-electron chi connectivity index (χ4n) is 1.47. The van der Waals surface area contributed by atoms with Crippen LogP contribution >= 0.6 is 0 Å². The molecule has 0 radical (unpaired) electrons. The highest BCUT2D eigenvalue weighted by Crippen LogP contribution is 2.09. The van der Waals surface area contributed by atoms with Gasteiger partial charge >= 0.3 is 0 Å². The minimum absolute atomic E-state index is 0.131. The molecule has 0 fully saturated rings.